The lowest BCUT2D eigenvalue weighted by molar-refractivity contribution is 1.22. The van der Waals surface area contributed by atoms with Crippen LogP contribution in [0.15, 0.2) is 140 Å². The van der Waals surface area contributed by atoms with Crippen LogP contribution in [-0.2, 0) is 0 Å². The van der Waals surface area contributed by atoms with E-state index in [4.69, 9.17) is 9.97 Å². The number of hydrogen-bond acceptors (Lipinski definition) is 3. The zero-order valence-electron chi connectivity index (χ0n) is 24.1. The Bertz CT molecular complexity index is 2560. The standard InChI is InChI=1S/C41H26N2S/c1-25-19-20-27(23-35(25)41-42-36-18-10-9-17-33(36)39(43-41)26-11-3-2-4-12-26)28-21-22-34-37(24-28)44-40-32-16-8-6-14-30(32)29-13-5-7-15-31(29)38(34)40/h2-24H,1H3. The molecule has 7 aromatic carbocycles. The Kier molecular flexibility index (Phi) is 5.62. The molecule has 0 aliphatic heterocycles. The molecule has 3 heteroatoms. The van der Waals surface area contributed by atoms with E-state index in [0.717, 1.165) is 44.7 Å². The molecule has 0 fully saturated rings. The number of hydrogen-bond donors (Lipinski definition) is 0. The maximum atomic E-state index is 5.16. The smallest absolute Gasteiger partial charge is 0.160 e. The van der Waals surface area contributed by atoms with Gasteiger partial charge in [-0.2, -0.15) is 0 Å². The molecule has 2 aromatic heterocycles. The molecule has 9 rings (SSSR count). The maximum Gasteiger partial charge on any atom is 0.160 e. The molecule has 44 heavy (non-hydrogen) atoms. The number of aryl methyl sites for hydroxylation is 1. The van der Waals surface area contributed by atoms with Gasteiger partial charge in [-0.25, -0.2) is 9.97 Å². The van der Waals surface area contributed by atoms with Crippen molar-refractivity contribution in [2.24, 2.45) is 0 Å². The highest BCUT2D eigenvalue weighted by Crippen LogP contribution is 2.45. The van der Waals surface area contributed by atoms with E-state index in [1.54, 1.807) is 0 Å². The zero-order chi connectivity index (χ0) is 29.2. The van der Waals surface area contributed by atoms with Crippen LogP contribution in [0.2, 0.25) is 0 Å². The molecule has 0 amide bonds. The van der Waals surface area contributed by atoms with E-state index in [1.807, 2.05) is 23.5 Å². The number of benzene rings is 7. The molecule has 2 nitrogen and oxygen atoms in total. The van der Waals surface area contributed by atoms with Crippen LogP contribution < -0.4 is 0 Å². The average Bonchev–Trinajstić information content (AvgIpc) is 3.48. The molecule has 0 aliphatic carbocycles. The van der Waals surface area contributed by atoms with Crippen LogP contribution in [0.5, 0.6) is 0 Å². The van der Waals surface area contributed by atoms with Crippen molar-refractivity contribution in [2.75, 3.05) is 0 Å². The summed E-state index contributed by atoms with van der Waals surface area (Å²) in [5, 5.41) is 9.00. The molecular formula is C41H26N2S. The number of fused-ring (bicyclic) bond motifs is 9. The predicted octanol–water partition coefficient (Wildman–Crippen LogP) is 11.6. The summed E-state index contributed by atoms with van der Waals surface area (Å²) in [6.45, 7) is 2.14. The first-order valence-electron chi connectivity index (χ1n) is 14.9. The van der Waals surface area contributed by atoms with E-state index < -0.39 is 0 Å². The molecule has 0 radical (unpaired) electrons. The molecule has 0 spiro atoms. The third-order valence-corrected chi connectivity index (χ3v) is 10.00. The van der Waals surface area contributed by atoms with E-state index in [2.05, 4.69) is 134 Å². The minimum Gasteiger partial charge on any atom is -0.228 e. The fourth-order valence-electron chi connectivity index (χ4n) is 6.64. The third-order valence-electron chi connectivity index (χ3n) is 8.81. The second-order valence-electron chi connectivity index (χ2n) is 11.4. The van der Waals surface area contributed by atoms with Crippen LogP contribution >= 0.6 is 11.3 Å². The van der Waals surface area contributed by atoms with Gasteiger partial charge in [0.1, 0.15) is 0 Å². The van der Waals surface area contributed by atoms with Crippen molar-refractivity contribution < 1.29 is 0 Å². The summed E-state index contributed by atoms with van der Waals surface area (Å²) in [4.78, 5) is 10.2. The van der Waals surface area contributed by atoms with Crippen molar-refractivity contribution in [3.63, 3.8) is 0 Å². The molecule has 0 unspecified atom stereocenters. The van der Waals surface area contributed by atoms with Crippen LogP contribution in [0, 0.1) is 6.92 Å². The number of aromatic nitrogens is 2. The monoisotopic (exact) mass is 578 g/mol. The lowest BCUT2D eigenvalue weighted by Crippen LogP contribution is -1.97. The van der Waals surface area contributed by atoms with E-state index in [9.17, 15) is 0 Å². The predicted molar refractivity (Wildman–Crippen MR) is 188 cm³/mol. The molecule has 0 bridgehead atoms. The first-order chi connectivity index (χ1) is 21.7. The molecule has 0 saturated carbocycles. The first kappa shape index (κ1) is 25.1. The maximum absolute atomic E-state index is 5.16. The summed E-state index contributed by atoms with van der Waals surface area (Å²) in [7, 11) is 0. The van der Waals surface area contributed by atoms with Crippen LogP contribution in [-0.4, -0.2) is 9.97 Å². The molecule has 0 N–H and O–H groups in total. The van der Waals surface area contributed by atoms with E-state index in [0.29, 0.717) is 0 Å². The molecular weight excluding hydrogens is 553 g/mol. The Hall–Kier alpha value is -5.38. The molecule has 0 saturated heterocycles. The van der Waals surface area contributed by atoms with Gasteiger partial charge in [0, 0.05) is 42.1 Å². The van der Waals surface area contributed by atoms with Gasteiger partial charge in [0.15, 0.2) is 5.82 Å². The molecule has 0 atom stereocenters. The average molecular weight is 579 g/mol. The first-order valence-corrected chi connectivity index (χ1v) is 15.7. The van der Waals surface area contributed by atoms with Gasteiger partial charge in [-0.15, -0.1) is 11.3 Å². The minimum absolute atomic E-state index is 0.753. The van der Waals surface area contributed by atoms with Crippen molar-refractivity contribution in [1.29, 1.82) is 0 Å². The number of rotatable bonds is 3. The number of thiophene rings is 1. The fraction of sp³-hybridized carbons (Fsp3) is 0.0244. The quantitative estimate of drug-likeness (QED) is 0.195. The van der Waals surface area contributed by atoms with Gasteiger partial charge >= 0.3 is 0 Å². The minimum atomic E-state index is 0.753. The van der Waals surface area contributed by atoms with Gasteiger partial charge in [0.2, 0.25) is 0 Å². The van der Waals surface area contributed by atoms with Crippen LogP contribution in [0.1, 0.15) is 5.56 Å². The Morgan fingerprint density at radius 1 is 0.477 bits per heavy atom. The third kappa shape index (κ3) is 3.87. The van der Waals surface area contributed by atoms with Gasteiger partial charge in [-0.1, -0.05) is 121 Å². The van der Waals surface area contributed by atoms with Crippen LogP contribution in [0.4, 0.5) is 0 Å². The SMILES string of the molecule is Cc1ccc(-c2ccc3c(c2)sc2c4ccccc4c4ccccc4c32)cc1-c1nc(-c2ccccc2)c2ccccc2n1. The molecule has 0 aliphatic rings. The summed E-state index contributed by atoms with van der Waals surface area (Å²) in [6, 6.07) is 49.9. The second-order valence-corrected chi connectivity index (χ2v) is 12.5. The highest BCUT2D eigenvalue weighted by atomic mass is 32.1. The highest BCUT2D eigenvalue weighted by Gasteiger charge is 2.16. The van der Waals surface area contributed by atoms with Gasteiger partial charge in [0.05, 0.1) is 11.2 Å². The van der Waals surface area contributed by atoms with Gasteiger partial charge < -0.3 is 0 Å². The van der Waals surface area contributed by atoms with Crippen LogP contribution in [0.3, 0.4) is 0 Å². The van der Waals surface area contributed by atoms with Crippen molar-refractivity contribution in [1.82, 2.24) is 9.97 Å². The lowest BCUT2D eigenvalue weighted by Gasteiger charge is -2.12. The summed E-state index contributed by atoms with van der Waals surface area (Å²) in [6.07, 6.45) is 0. The van der Waals surface area contributed by atoms with E-state index >= 15 is 0 Å². The Balaban J connectivity index is 1.23. The number of nitrogens with zero attached hydrogens (tertiary/aromatic N) is 2. The Morgan fingerprint density at radius 2 is 1.11 bits per heavy atom. The summed E-state index contributed by atoms with van der Waals surface area (Å²) in [5.74, 6) is 0.753. The van der Waals surface area contributed by atoms with E-state index in [1.165, 1.54) is 47.3 Å². The highest BCUT2D eigenvalue weighted by molar-refractivity contribution is 7.27. The van der Waals surface area contributed by atoms with Crippen LogP contribution in [0.25, 0.3) is 86.4 Å². The van der Waals surface area contributed by atoms with Gasteiger partial charge in [-0.05, 0) is 58.0 Å². The Morgan fingerprint density at radius 3 is 1.93 bits per heavy atom. The van der Waals surface area contributed by atoms with E-state index in [-0.39, 0.29) is 0 Å². The van der Waals surface area contributed by atoms with Crippen molar-refractivity contribution in [3.05, 3.63) is 145 Å². The number of para-hydroxylation sites is 1. The summed E-state index contributed by atoms with van der Waals surface area (Å²) >= 11 is 1.89. The molecule has 9 aromatic rings. The fourth-order valence-corrected chi connectivity index (χ4v) is 7.94. The van der Waals surface area contributed by atoms with Gasteiger partial charge in [-0.3, -0.25) is 0 Å². The topological polar surface area (TPSA) is 25.8 Å². The molecule has 2 heterocycles. The Labute approximate surface area is 258 Å². The summed E-state index contributed by atoms with van der Waals surface area (Å²) < 4.78 is 2.66. The normalized spacial score (nSPS) is 11.8. The van der Waals surface area contributed by atoms with Gasteiger partial charge in [0.25, 0.3) is 0 Å². The largest absolute Gasteiger partial charge is 0.228 e. The zero-order valence-corrected chi connectivity index (χ0v) is 24.9. The second kappa shape index (κ2) is 9.84. The van der Waals surface area contributed by atoms with Crippen molar-refractivity contribution in [2.45, 2.75) is 6.92 Å². The lowest BCUT2D eigenvalue weighted by atomic mass is 9.95. The van der Waals surface area contributed by atoms with Crippen molar-refractivity contribution in [3.8, 4) is 33.8 Å². The molecule has 206 valence electrons. The van der Waals surface area contributed by atoms with Crippen molar-refractivity contribution >= 4 is 64.0 Å². The summed E-state index contributed by atoms with van der Waals surface area (Å²) in [5.41, 5.74) is 7.58.